The van der Waals surface area contributed by atoms with Gasteiger partial charge in [0.1, 0.15) is 11.4 Å². The smallest absolute Gasteiger partial charge is 0.410 e. The third-order valence-electron chi connectivity index (χ3n) is 3.01. The molecule has 0 bridgehead atoms. The van der Waals surface area contributed by atoms with Crippen molar-refractivity contribution < 1.29 is 18.7 Å². The molecule has 1 aromatic carbocycles. The third kappa shape index (κ3) is 3.35. The first-order valence-electron chi connectivity index (χ1n) is 6.54. The molecule has 0 saturated carbocycles. The van der Waals surface area contributed by atoms with E-state index < -0.39 is 17.5 Å². The molecule has 5 heteroatoms. The molecule has 0 aliphatic carbocycles. The molecule has 1 aliphatic heterocycles. The molecule has 0 radical (unpaired) electrons. The maximum Gasteiger partial charge on any atom is 0.410 e. The molecule has 0 aromatic heterocycles. The first kappa shape index (κ1) is 14.5. The van der Waals surface area contributed by atoms with Crippen LogP contribution in [0.15, 0.2) is 24.3 Å². The quantitative estimate of drug-likeness (QED) is 0.782. The molecular weight excluding hydrogens is 261 g/mol. The molecule has 1 fully saturated rings. The summed E-state index contributed by atoms with van der Waals surface area (Å²) in [5.41, 5.74) is -0.201. The third-order valence-corrected chi connectivity index (χ3v) is 3.01. The van der Waals surface area contributed by atoms with E-state index in [2.05, 4.69) is 0 Å². The van der Waals surface area contributed by atoms with Crippen molar-refractivity contribution in [1.82, 2.24) is 4.90 Å². The molecule has 1 heterocycles. The first-order chi connectivity index (χ1) is 9.26. The molecule has 1 saturated heterocycles. The highest BCUT2D eigenvalue weighted by molar-refractivity contribution is 5.99. The van der Waals surface area contributed by atoms with Crippen LogP contribution in [0.4, 0.5) is 9.18 Å². The standard InChI is InChI=1S/C15H18FNO3/c1-15(2,3)20-14(19)17-8-11(9-17)13(18)10-5-4-6-12(16)7-10/h4-7,11H,8-9H2,1-3H3. The number of nitrogens with zero attached hydrogens (tertiary/aromatic N) is 1. The number of amides is 1. The van der Waals surface area contributed by atoms with Crippen LogP contribution < -0.4 is 0 Å². The zero-order chi connectivity index (χ0) is 14.9. The van der Waals surface area contributed by atoms with E-state index in [0.29, 0.717) is 18.7 Å². The summed E-state index contributed by atoms with van der Waals surface area (Å²) in [5.74, 6) is -0.840. The Bertz CT molecular complexity index is 530. The second-order valence-corrected chi connectivity index (χ2v) is 5.96. The number of carbonyl (C=O) groups excluding carboxylic acids is 2. The zero-order valence-electron chi connectivity index (χ0n) is 11.9. The van der Waals surface area contributed by atoms with Crippen LogP contribution in [0.3, 0.4) is 0 Å². The summed E-state index contributed by atoms with van der Waals surface area (Å²) in [4.78, 5) is 25.3. The van der Waals surface area contributed by atoms with Crippen molar-refractivity contribution in [2.45, 2.75) is 26.4 Å². The molecule has 4 nitrogen and oxygen atoms in total. The maximum absolute atomic E-state index is 13.1. The minimum absolute atomic E-state index is 0.135. The predicted octanol–water partition coefficient (Wildman–Crippen LogP) is 2.88. The fraction of sp³-hybridized carbons (Fsp3) is 0.467. The summed E-state index contributed by atoms with van der Waals surface area (Å²) in [6, 6.07) is 5.61. The Labute approximate surface area is 117 Å². The van der Waals surface area contributed by atoms with Gasteiger partial charge in [-0.2, -0.15) is 0 Å². The van der Waals surface area contributed by atoms with Crippen molar-refractivity contribution in [1.29, 1.82) is 0 Å². The van der Waals surface area contributed by atoms with Gasteiger partial charge in [0, 0.05) is 18.7 Å². The van der Waals surface area contributed by atoms with Crippen molar-refractivity contribution in [2.24, 2.45) is 5.92 Å². The van der Waals surface area contributed by atoms with Gasteiger partial charge in [-0.05, 0) is 32.9 Å². The summed E-state index contributed by atoms with van der Waals surface area (Å²) in [5, 5.41) is 0. The number of hydrogen-bond acceptors (Lipinski definition) is 3. The van der Waals surface area contributed by atoms with Crippen molar-refractivity contribution in [3.8, 4) is 0 Å². The lowest BCUT2D eigenvalue weighted by molar-refractivity contribution is 0.00148. The summed E-state index contributed by atoms with van der Waals surface area (Å²) in [7, 11) is 0. The molecule has 20 heavy (non-hydrogen) atoms. The Morgan fingerprint density at radius 2 is 1.95 bits per heavy atom. The Kier molecular flexibility index (Phi) is 3.79. The highest BCUT2D eigenvalue weighted by Crippen LogP contribution is 2.23. The summed E-state index contributed by atoms with van der Waals surface area (Å²) < 4.78 is 18.3. The largest absolute Gasteiger partial charge is 0.444 e. The normalized spacial score (nSPS) is 15.7. The minimum Gasteiger partial charge on any atom is -0.444 e. The summed E-state index contributed by atoms with van der Waals surface area (Å²) in [6.07, 6.45) is -0.416. The Morgan fingerprint density at radius 3 is 2.50 bits per heavy atom. The lowest BCUT2D eigenvalue weighted by atomic mass is 9.91. The van der Waals surface area contributed by atoms with E-state index in [0.717, 1.165) is 0 Å². The molecule has 1 aromatic rings. The zero-order valence-corrected chi connectivity index (χ0v) is 11.9. The molecule has 108 valence electrons. The molecule has 1 amide bonds. The molecule has 1 aliphatic rings. The SMILES string of the molecule is CC(C)(C)OC(=O)N1CC(C(=O)c2cccc(F)c2)C1. The van der Waals surface area contributed by atoms with Gasteiger partial charge in [0.2, 0.25) is 0 Å². The van der Waals surface area contributed by atoms with E-state index in [-0.39, 0.29) is 11.7 Å². The van der Waals surface area contributed by atoms with Gasteiger partial charge in [-0.3, -0.25) is 4.79 Å². The van der Waals surface area contributed by atoms with Crippen LogP contribution in [0.1, 0.15) is 31.1 Å². The number of halogens is 1. The van der Waals surface area contributed by atoms with Crippen LogP contribution in [0.2, 0.25) is 0 Å². The van der Waals surface area contributed by atoms with Gasteiger partial charge < -0.3 is 9.64 Å². The predicted molar refractivity (Wildman–Crippen MR) is 72.0 cm³/mol. The lowest BCUT2D eigenvalue weighted by Crippen LogP contribution is -2.54. The molecule has 0 atom stereocenters. The maximum atomic E-state index is 13.1. The van der Waals surface area contributed by atoms with Crippen molar-refractivity contribution in [3.63, 3.8) is 0 Å². The van der Waals surface area contributed by atoms with Gasteiger partial charge in [-0.1, -0.05) is 12.1 Å². The lowest BCUT2D eigenvalue weighted by Gasteiger charge is -2.38. The van der Waals surface area contributed by atoms with Gasteiger partial charge in [0.25, 0.3) is 0 Å². The number of likely N-dealkylation sites (tertiary alicyclic amines) is 1. The minimum atomic E-state index is -0.547. The molecular formula is C15H18FNO3. The Hall–Kier alpha value is -1.91. The number of ketones is 1. The number of rotatable bonds is 2. The monoisotopic (exact) mass is 279 g/mol. The average Bonchev–Trinajstić information content (AvgIpc) is 2.24. The van der Waals surface area contributed by atoms with E-state index in [4.69, 9.17) is 4.74 Å². The van der Waals surface area contributed by atoms with Gasteiger partial charge in [0.15, 0.2) is 5.78 Å². The molecule has 0 unspecified atom stereocenters. The average molecular weight is 279 g/mol. The second kappa shape index (κ2) is 5.23. The van der Waals surface area contributed by atoms with E-state index in [9.17, 15) is 14.0 Å². The molecule has 0 N–H and O–H groups in total. The number of carbonyl (C=O) groups is 2. The van der Waals surface area contributed by atoms with Crippen LogP contribution in [0.5, 0.6) is 0 Å². The van der Waals surface area contributed by atoms with E-state index in [1.54, 1.807) is 26.8 Å². The van der Waals surface area contributed by atoms with Crippen molar-refractivity contribution >= 4 is 11.9 Å². The van der Waals surface area contributed by atoms with Gasteiger partial charge >= 0.3 is 6.09 Å². The van der Waals surface area contributed by atoms with Crippen LogP contribution in [0.25, 0.3) is 0 Å². The van der Waals surface area contributed by atoms with Crippen LogP contribution in [-0.2, 0) is 4.74 Å². The molecule has 0 spiro atoms. The van der Waals surface area contributed by atoms with E-state index >= 15 is 0 Å². The van der Waals surface area contributed by atoms with Gasteiger partial charge in [-0.25, -0.2) is 9.18 Å². The Morgan fingerprint density at radius 1 is 1.30 bits per heavy atom. The van der Waals surface area contributed by atoms with Gasteiger partial charge in [0.05, 0.1) is 5.92 Å². The first-order valence-corrected chi connectivity index (χ1v) is 6.54. The second-order valence-electron chi connectivity index (χ2n) is 5.96. The summed E-state index contributed by atoms with van der Waals surface area (Å²) >= 11 is 0. The van der Waals surface area contributed by atoms with Crippen LogP contribution in [-0.4, -0.2) is 35.5 Å². The van der Waals surface area contributed by atoms with Crippen molar-refractivity contribution in [2.75, 3.05) is 13.1 Å². The van der Waals surface area contributed by atoms with Crippen LogP contribution >= 0.6 is 0 Å². The topological polar surface area (TPSA) is 46.6 Å². The highest BCUT2D eigenvalue weighted by Gasteiger charge is 2.38. The Balaban J connectivity index is 1.90. The van der Waals surface area contributed by atoms with Crippen LogP contribution in [0, 0.1) is 11.7 Å². The number of ether oxygens (including phenoxy) is 1. The number of Topliss-reactive ketones (excluding diaryl/α,β-unsaturated/α-hetero) is 1. The van der Waals surface area contributed by atoms with E-state index in [1.807, 2.05) is 0 Å². The van der Waals surface area contributed by atoms with E-state index in [1.165, 1.54) is 23.1 Å². The highest BCUT2D eigenvalue weighted by atomic mass is 19.1. The molecule has 2 rings (SSSR count). The summed E-state index contributed by atoms with van der Waals surface area (Å²) in [6.45, 7) is 6.02. The van der Waals surface area contributed by atoms with Gasteiger partial charge in [-0.15, -0.1) is 0 Å². The number of hydrogen-bond donors (Lipinski definition) is 0. The number of benzene rings is 1. The fourth-order valence-electron chi connectivity index (χ4n) is 2.00. The fourth-order valence-corrected chi connectivity index (χ4v) is 2.00. The van der Waals surface area contributed by atoms with Crippen molar-refractivity contribution in [3.05, 3.63) is 35.6 Å².